The molecule has 272 valence electrons. The number of likely N-dealkylation sites (tertiary alicyclic amines) is 1. The molecule has 5 unspecified atom stereocenters. The number of imide groups is 1. The fourth-order valence-corrected chi connectivity index (χ4v) is 8.48. The van der Waals surface area contributed by atoms with Crippen LogP contribution in [0.4, 0.5) is 0 Å². The second-order valence-electron chi connectivity index (χ2n) is 13.8. The number of carbonyl (C=O) groups is 5. The summed E-state index contributed by atoms with van der Waals surface area (Å²) in [5.74, 6) is 0.337. The van der Waals surface area contributed by atoms with Crippen molar-refractivity contribution in [2.24, 2.45) is 17.8 Å². The highest BCUT2D eigenvalue weighted by molar-refractivity contribution is 7.99. The molecule has 5 rings (SSSR count). The average Bonchev–Trinajstić information content (AvgIpc) is 3.28. The fraction of sp³-hybridized carbons (Fsp3) is 0.475. The number of nitrogens with one attached hydrogen (secondary N) is 2. The van der Waals surface area contributed by atoms with Crippen molar-refractivity contribution in [1.29, 1.82) is 0 Å². The molecular weight excluding hydrogens is 665 g/mol. The summed E-state index contributed by atoms with van der Waals surface area (Å²) in [4.78, 5) is 70.4. The van der Waals surface area contributed by atoms with Gasteiger partial charge in [0.1, 0.15) is 17.8 Å². The van der Waals surface area contributed by atoms with Crippen LogP contribution in [0, 0.1) is 17.8 Å². The van der Waals surface area contributed by atoms with Gasteiger partial charge in [-0.25, -0.2) is 0 Å². The molecule has 3 aliphatic rings. The Morgan fingerprint density at radius 2 is 1.67 bits per heavy atom. The molecule has 0 spiro atoms. The molecule has 2 aromatic rings. The number of hydrogen-bond acceptors (Lipinski definition) is 7. The number of allylic oxidation sites excluding steroid dienone is 4. The Morgan fingerprint density at radius 3 is 2.27 bits per heavy atom. The van der Waals surface area contributed by atoms with E-state index in [1.807, 2.05) is 50.3 Å². The predicted octanol–water partition coefficient (Wildman–Crippen LogP) is 5.39. The van der Waals surface area contributed by atoms with Gasteiger partial charge in [0.2, 0.25) is 17.7 Å². The van der Waals surface area contributed by atoms with Crippen molar-refractivity contribution in [3.8, 4) is 5.75 Å². The lowest BCUT2D eigenvalue weighted by molar-refractivity contribution is -0.144. The third-order valence-electron chi connectivity index (χ3n) is 10.2. The highest BCUT2D eigenvalue weighted by atomic mass is 32.2. The number of unbranched alkanes of at least 4 members (excludes halogenated alkanes) is 1. The summed E-state index contributed by atoms with van der Waals surface area (Å²) < 4.78 is 5.30. The number of hydrogen-bond donors (Lipinski definition) is 2. The van der Waals surface area contributed by atoms with E-state index in [4.69, 9.17) is 4.74 Å². The molecule has 0 bridgehead atoms. The van der Waals surface area contributed by atoms with Gasteiger partial charge in [0.05, 0.1) is 23.5 Å². The molecule has 1 saturated heterocycles. The highest BCUT2D eigenvalue weighted by Crippen LogP contribution is 2.33. The zero-order valence-electron chi connectivity index (χ0n) is 30.0. The molecule has 5 amide bonds. The predicted molar refractivity (Wildman–Crippen MR) is 199 cm³/mol. The molecule has 5 atom stereocenters. The van der Waals surface area contributed by atoms with Gasteiger partial charge in [-0.1, -0.05) is 68.8 Å². The van der Waals surface area contributed by atoms with E-state index in [-0.39, 0.29) is 53.8 Å². The maximum absolute atomic E-state index is 14.3. The third-order valence-corrected chi connectivity index (χ3v) is 11.5. The second-order valence-corrected chi connectivity index (χ2v) is 15.0. The zero-order valence-corrected chi connectivity index (χ0v) is 30.8. The van der Waals surface area contributed by atoms with Crippen LogP contribution in [0.25, 0.3) is 0 Å². The van der Waals surface area contributed by atoms with E-state index in [0.29, 0.717) is 49.1 Å². The lowest BCUT2D eigenvalue weighted by Crippen LogP contribution is -2.57. The Bertz CT molecular complexity index is 1600. The Hall–Kier alpha value is -4.38. The van der Waals surface area contributed by atoms with Gasteiger partial charge in [-0.05, 0) is 79.7 Å². The molecular formula is C40H50N4O6S. The van der Waals surface area contributed by atoms with Gasteiger partial charge in [-0.2, -0.15) is 0 Å². The van der Waals surface area contributed by atoms with Crippen molar-refractivity contribution in [3.63, 3.8) is 0 Å². The first-order valence-corrected chi connectivity index (χ1v) is 19.0. The lowest BCUT2D eigenvalue weighted by atomic mass is 9.81. The number of nitrogens with zero attached hydrogens (tertiary/aromatic N) is 2. The number of carbonyl (C=O) groups excluding carboxylic acids is 5. The molecule has 51 heavy (non-hydrogen) atoms. The first kappa shape index (κ1) is 37.9. The van der Waals surface area contributed by atoms with E-state index >= 15 is 0 Å². The number of fused-ring (bicyclic) bond motifs is 1. The molecule has 0 saturated carbocycles. The summed E-state index contributed by atoms with van der Waals surface area (Å²) >= 11 is 1.50. The van der Waals surface area contributed by atoms with Crippen molar-refractivity contribution in [2.45, 2.75) is 75.5 Å². The number of amides is 5. The van der Waals surface area contributed by atoms with E-state index in [0.717, 1.165) is 24.2 Å². The van der Waals surface area contributed by atoms with Crippen LogP contribution < -0.4 is 15.4 Å². The standard InChI is InChI=1S/C40H50N4O6S/c1-26(2)35(37(46)41-3)43-23-21-29(28-12-6-5-7-13-28)24-33(40(43)49)42-36(45)34(51-25-27-17-19-30(50-4)20-18-27)16-10-11-22-44-38(47)31-14-8-9-15-32(31)39(44)48/h5-9,12,14-15,17-20,26,28-29,33-35H,10-11,13,16,21-25H2,1-4H3,(H,41,46)(H,42,45). The van der Waals surface area contributed by atoms with Gasteiger partial charge in [-0.3, -0.25) is 28.9 Å². The van der Waals surface area contributed by atoms with Crippen molar-refractivity contribution in [1.82, 2.24) is 20.4 Å². The summed E-state index contributed by atoms with van der Waals surface area (Å²) in [5.41, 5.74) is 1.88. The van der Waals surface area contributed by atoms with E-state index < -0.39 is 17.3 Å². The van der Waals surface area contributed by atoms with E-state index in [1.54, 1.807) is 43.3 Å². The molecule has 1 fully saturated rings. The van der Waals surface area contributed by atoms with Crippen molar-refractivity contribution < 1.29 is 28.7 Å². The summed E-state index contributed by atoms with van der Waals surface area (Å²) in [7, 11) is 3.20. The quantitative estimate of drug-likeness (QED) is 0.187. The summed E-state index contributed by atoms with van der Waals surface area (Å²) in [6.45, 7) is 4.58. The minimum absolute atomic E-state index is 0.116. The minimum atomic E-state index is -0.780. The minimum Gasteiger partial charge on any atom is -0.497 e. The SMILES string of the molecule is CNC(=O)C(C(C)C)N1CCC(C2C=CC=CC2)CC(NC(=O)C(CCCCN2C(=O)c3ccccc3C2=O)SCc2ccc(OC)cc2)C1=O. The van der Waals surface area contributed by atoms with E-state index in [1.165, 1.54) is 16.7 Å². The lowest BCUT2D eigenvalue weighted by Gasteiger charge is -2.34. The van der Waals surface area contributed by atoms with Crippen LogP contribution in [0.15, 0.2) is 72.8 Å². The van der Waals surface area contributed by atoms with E-state index in [9.17, 15) is 24.0 Å². The summed E-state index contributed by atoms with van der Waals surface area (Å²) in [6.07, 6.45) is 12.1. The Kier molecular flexibility index (Phi) is 13.1. The van der Waals surface area contributed by atoms with Crippen LogP contribution in [0.2, 0.25) is 0 Å². The monoisotopic (exact) mass is 714 g/mol. The molecule has 2 aromatic carbocycles. The largest absolute Gasteiger partial charge is 0.497 e. The summed E-state index contributed by atoms with van der Waals surface area (Å²) in [5, 5.41) is 5.40. The third kappa shape index (κ3) is 9.11. The molecule has 2 aliphatic heterocycles. The Balaban J connectivity index is 1.32. The van der Waals surface area contributed by atoms with Gasteiger partial charge in [-0.15, -0.1) is 11.8 Å². The highest BCUT2D eigenvalue weighted by Gasteiger charge is 2.41. The Labute approximate surface area is 305 Å². The molecule has 2 heterocycles. The zero-order chi connectivity index (χ0) is 36.5. The number of rotatable bonds is 15. The number of methoxy groups -OCH3 is 1. The van der Waals surface area contributed by atoms with Crippen LogP contribution in [-0.4, -0.2) is 83.9 Å². The maximum Gasteiger partial charge on any atom is 0.261 e. The normalized spacial score (nSPS) is 21.4. The van der Waals surface area contributed by atoms with Crippen LogP contribution in [0.5, 0.6) is 5.75 Å². The van der Waals surface area contributed by atoms with Gasteiger partial charge < -0.3 is 20.3 Å². The number of benzene rings is 2. The average molecular weight is 715 g/mol. The number of thioether (sulfide) groups is 1. The van der Waals surface area contributed by atoms with Crippen molar-refractivity contribution in [3.05, 3.63) is 89.5 Å². The Morgan fingerprint density at radius 1 is 0.961 bits per heavy atom. The fourth-order valence-electron chi connectivity index (χ4n) is 7.34. The number of ether oxygens (including phenoxy) is 1. The van der Waals surface area contributed by atoms with Gasteiger partial charge in [0.25, 0.3) is 11.8 Å². The van der Waals surface area contributed by atoms with Gasteiger partial charge >= 0.3 is 0 Å². The van der Waals surface area contributed by atoms with E-state index in [2.05, 4.69) is 22.8 Å². The second kappa shape index (κ2) is 17.7. The molecule has 1 aliphatic carbocycles. The first-order chi connectivity index (χ1) is 24.6. The van der Waals surface area contributed by atoms with Crippen molar-refractivity contribution >= 4 is 41.3 Å². The number of likely N-dealkylation sites (N-methyl/N-ethyl adjacent to an activating group) is 1. The molecule has 0 radical (unpaired) electrons. The van der Waals surface area contributed by atoms with Crippen molar-refractivity contribution in [2.75, 3.05) is 27.2 Å². The van der Waals surface area contributed by atoms with Gasteiger partial charge in [0.15, 0.2) is 0 Å². The summed E-state index contributed by atoms with van der Waals surface area (Å²) in [6, 6.07) is 13.1. The molecule has 11 heteroatoms. The smallest absolute Gasteiger partial charge is 0.261 e. The van der Waals surface area contributed by atoms with Gasteiger partial charge in [0, 0.05) is 25.9 Å². The molecule has 2 N–H and O–H groups in total. The van der Waals surface area contributed by atoms with Crippen LogP contribution in [0.1, 0.15) is 78.7 Å². The topological polar surface area (TPSA) is 125 Å². The van der Waals surface area contributed by atoms with Crippen LogP contribution in [0.3, 0.4) is 0 Å². The first-order valence-electron chi connectivity index (χ1n) is 18.0. The van der Waals surface area contributed by atoms with Crippen LogP contribution >= 0.6 is 11.8 Å². The molecule has 10 nitrogen and oxygen atoms in total. The maximum atomic E-state index is 14.3. The molecule has 0 aromatic heterocycles. The van der Waals surface area contributed by atoms with Crippen LogP contribution in [-0.2, 0) is 20.1 Å².